The minimum Gasteiger partial charge on any atom is -0.497 e. The van der Waals surface area contributed by atoms with E-state index in [0.29, 0.717) is 24.6 Å². The maximum atomic E-state index is 12.7. The van der Waals surface area contributed by atoms with Gasteiger partial charge in [-0.25, -0.2) is 14.5 Å². The Kier molecular flexibility index (Phi) is 5.65. The number of nitrogens with zero attached hydrogens (tertiary/aromatic N) is 3. The summed E-state index contributed by atoms with van der Waals surface area (Å²) < 4.78 is 6.96. The van der Waals surface area contributed by atoms with E-state index in [1.54, 1.807) is 24.1 Å². The number of anilines is 1. The fourth-order valence-corrected chi connectivity index (χ4v) is 3.35. The monoisotopic (exact) mass is 404 g/mol. The number of amides is 2. The van der Waals surface area contributed by atoms with E-state index < -0.39 is 0 Å². The minimum atomic E-state index is -0.344. The SMILES string of the molecule is CCn1nccc1NC(=O)NC(Cc1ccc(OC)cc1)c1nc2ccccc2[nH]1. The van der Waals surface area contributed by atoms with Crippen molar-refractivity contribution in [3.05, 3.63) is 72.2 Å². The highest BCUT2D eigenvalue weighted by molar-refractivity contribution is 5.88. The van der Waals surface area contributed by atoms with Gasteiger partial charge >= 0.3 is 6.03 Å². The van der Waals surface area contributed by atoms with Gasteiger partial charge in [-0.2, -0.15) is 5.10 Å². The molecule has 8 heteroatoms. The Bertz CT molecular complexity index is 1100. The third-order valence-corrected chi connectivity index (χ3v) is 4.90. The molecule has 0 bridgehead atoms. The van der Waals surface area contributed by atoms with Crippen LogP contribution in [0.25, 0.3) is 11.0 Å². The van der Waals surface area contributed by atoms with Crippen molar-refractivity contribution in [2.75, 3.05) is 12.4 Å². The Morgan fingerprint density at radius 1 is 1.17 bits per heavy atom. The van der Waals surface area contributed by atoms with Crippen molar-refractivity contribution in [1.82, 2.24) is 25.1 Å². The van der Waals surface area contributed by atoms with Crippen molar-refractivity contribution >= 4 is 22.9 Å². The summed E-state index contributed by atoms with van der Waals surface area (Å²) in [5.41, 5.74) is 2.84. The molecule has 2 heterocycles. The number of aryl methyl sites for hydroxylation is 1. The van der Waals surface area contributed by atoms with E-state index in [-0.39, 0.29) is 12.1 Å². The average molecular weight is 404 g/mol. The maximum Gasteiger partial charge on any atom is 0.320 e. The first-order chi connectivity index (χ1) is 14.7. The fraction of sp³-hybridized carbons (Fsp3) is 0.227. The van der Waals surface area contributed by atoms with Crippen molar-refractivity contribution in [3.8, 4) is 5.75 Å². The normalized spacial score (nSPS) is 11.9. The van der Waals surface area contributed by atoms with Crippen LogP contribution < -0.4 is 15.4 Å². The molecule has 0 saturated heterocycles. The second-order valence-electron chi connectivity index (χ2n) is 6.87. The Morgan fingerprint density at radius 2 is 1.97 bits per heavy atom. The van der Waals surface area contributed by atoms with Crippen LogP contribution in [0, 0.1) is 0 Å². The number of hydrogen-bond acceptors (Lipinski definition) is 4. The van der Waals surface area contributed by atoms with E-state index in [0.717, 1.165) is 22.3 Å². The molecule has 8 nitrogen and oxygen atoms in total. The molecular weight excluding hydrogens is 380 g/mol. The number of aromatic nitrogens is 4. The Hall–Kier alpha value is -3.81. The standard InChI is InChI=1S/C22H24N6O2/c1-3-28-20(12-13-23-28)27-22(29)26-19(14-15-8-10-16(30-2)11-9-15)21-24-17-6-4-5-7-18(17)25-21/h4-13,19H,3,14H2,1-2H3,(H,24,25)(H2,26,27,29). The van der Waals surface area contributed by atoms with Crippen molar-refractivity contribution in [2.24, 2.45) is 0 Å². The summed E-state index contributed by atoms with van der Waals surface area (Å²) in [6.45, 7) is 2.64. The number of urea groups is 1. The van der Waals surface area contributed by atoms with Crippen LogP contribution in [0.2, 0.25) is 0 Å². The molecule has 2 aromatic carbocycles. The Morgan fingerprint density at radius 3 is 2.70 bits per heavy atom. The van der Waals surface area contributed by atoms with Crippen LogP contribution in [-0.2, 0) is 13.0 Å². The third kappa shape index (κ3) is 4.27. The van der Waals surface area contributed by atoms with Gasteiger partial charge in [-0.3, -0.25) is 5.32 Å². The van der Waals surface area contributed by atoms with Crippen molar-refractivity contribution in [1.29, 1.82) is 0 Å². The fourth-order valence-electron chi connectivity index (χ4n) is 3.35. The molecule has 1 atom stereocenters. The van der Waals surface area contributed by atoms with E-state index in [1.807, 2.05) is 55.5 Å². The number of hydrogen-bond donors (Lipinski definition) is 3. The molecule has 3 N–H and O–H groups in total. The van der Waals surface area contributed by atoms with Crippen LogP contribution in [0.5, 0.6) is 5.75 Å². The largest absolute Gasteiger partial charge is 0.497 e. The number of imidazole rings is 1. The molecule has 0 aliphatic carbocycles. The number of carbonyl (C=O) groups is 1. The second kappa shape index (κ2) is 8.69. The van der Waals surface area contributed by atoms with Gasteiger partial charge in [-0.1, -0.05) is 24.3 Å². The molecule has 0 aliphatic rings. The minimum absolute atomic E-state index is 0.316. The van der Waals surface area contributed by atoms with Gasteiger partial charge in [-0.15, -0.1) is 0 Å². The Labute approximate surface area is 174 Å². The van der Waals surface area contributed by atoms with E-state index in [1.165, 1.54) is 0 Å². The number of para-hydroxylation sites is 2. The van der Waals surface area contributed by atoms with Gasteiger partial charge in [0.25, 0.3) is 0 Å². The van der Waals surface area contributed by atoms with Gasteiger partial charge in [-0.05, 0) is 43.2 Å². The van der Waals surface area contributed by atoms with Crippen LogP contribution in [0.3, 0.4) is 0 Å². The van der Waals surface area contributed by atoms with E-state index in [2.05, 4.69) is 25.7 Å². The summed E-state index contributed by atoms with van der Waals surface area (Å²) in [4.78, 5) is 20.8. The topological polar surface area (TPSA) is 96.9 Å². The average Bonchev–Trinajstić information content (AvgIpc) is 3.40. The second-order valence-corrected chi connectivity index (χ2v) is 6.87. The van der Waals surface area contributed by atoms with Crippen molar-refractivity contribution < 1.29 is 9.53 Å². The zero-order valence-electron chi connectivity index (χ0n) is 16.9. The molecular formula is C22H24N6O2. The first-order valence-corrected chi connectivity index (χ1v) is 9.83. The highest BCUT2D eigenvalue weighted by atomic mass is 16.5. The summed E-state index contributed by atoms with van der Waals surface area (Å²) in [5.74, 6) is 2.13. The number of benzene rings is 2. The molecule has 0 saturated carbocycles. The van der Waals surface area contributed by atoms with Crippen molar-refractivity contribution in [2.45, 2.75) is 25.9 Å². The van der Waals surface area contributed by atoms with Crippen LogP contribution >= 0.6 is 0 Å². The lowest BCUT2D eigenvalue weighted by Crippen LogP contribution is -2.35. The summed E-state index contributed by atoms with van der Waals surface area (Å²) >= 11 is 0. The number of carbonyl (C=O) groups excluding carboxylic acids is 1. The zero-order chi connectivity index (χ0) is 20.9. The molecule has 2 amide bonds. The first-order valence-electron chi connectivity index (χ1n) is 9.83. The molecule has 154 valence electrons. The number of nitrogens with one attached hydrogen (secondary N) is 3. The molecule has 30 heavy (non-hydrogen) atoms. The molecule has 0 fully saturated rings. The van der Waals surface area contributed by atoms with Crippen molar-refractivity contribution in [3.63, 3.8) is 0 Å². The maximum absolute atomic E-state index is 12.7. The summed E-state index contributed by atoms with van der Waals surface area (Å²) in [7, 11) is 1.64. The predicted octanol–water partition coefficient (Wildman–Crippen LogP) is 3.89. The first kappa shape index (κ1) is 19.5. The highest BCUT2D eigenvalue weighted by Crippen LogP contribution is 2.21. The predicted molar refractivity (Wildman–Crippen MR) is 116 cm³/mol. The van der Waals surface area contributed by atoms with E-state index >= 15 is 0 Å². The quantitative estimate of drug-likeness (QED) is 0.435. The number of ether oxygens (including phenoxy) is 1. The van der Waals surface area contributed by atoms with Crippen LogP contribution in [0.4, 0.5) is 10.6 Å². The Balaban J connectivity index is 1.57. The van der Waals surface area contributed by atoms with Gasteiger partial charge in [0.05, 0.1) is 30.4 Å². The molecule has 0 spiro atoms. The van der Waals surface area contributed by atoms with Gasteiger partial charge in [0.2, 0.25) is 0 Å². The van der Waals surface area contributed by atoms with E-state index in [4.69, 9.17) is 4.74 Å². The molecule has 2 aromatic heterocycles. The zero-order valence-corrected chi connectivity index (χ0v) is 16.9. The molecule has 4 rings (SSSR count). The summed E-state index contributed by atoms with van der Waals surface area (Å²) in [6.07, 6.45) is 2.23. The number of H-pyrrole nitrogens is 1. The van der Waals surface area contributed by atoms with Crippen LogP contribution in [-0.4, -0.2) is 32.9 Å². The molecule has 0 aliphatic heterocycles. The number of rotatable bonds is 7. The van der Waals surface area contributed by atoms with Gasteiger partial charge in [0.1, 0.15) is 17.4 Å². The third-order valence-electron chi connectivity index (χ3n) is 4.90. The molecule has 4 aromatic rings. The number of fused-ring (bicyclic) bond motifs is 1. The lowest BCUT2D eigenvalue weighted by molar-refractivity contribution is 0.247. The van der Waals surface area contributed by atoms with Gasteiger partial charge in [0, 0.05) is 12.6 Å². The van der Waals surface area contributed by atoms with Gasteiger partial charge in [0.15, 0.2) is 0 Å². The molecule has 0 radical (unpaired) electrons. The number of aromatic amines is 1. The lowest BCUT2D eigenvalue weighted by Gasteiger charge is -2.18. The highest BCUT2D eigenvalue weighted by Gasteiger charge is 2.20. The van der Waals surface area contributed by atoms with Gasteiger partial charge < -0.3 is 15.0 Å². The lowest BCUT2D eigenvalue weighted by atomic mass is 10.1. The molecule has 1 unspecified atom stereocenters. The summed E-state index contributed by atoms with van der Waals surface area (Å²) in [5, 5.41) is 10.1. The van der Waals surface area contributed by atoms with Crippen LogP contribution in [0.15, 0.2) is 60.8 Å². The van der Waals surface area contributed by atoms with E-state index in [9.17, 15) is 4.79 Å². The van der Waals surface area contributed by atoms with Crippen LogP contribution in [0.1, 0.15) is 24.4 Å². The summed E-state index contributed by atoms with van der Waals surface area (Å²) in [6, 6.07) is 16.7. The number of methoxy groups -OCH3 is 1. The smallest absolute Gasteiger partial charge is 0.320 e.